The highest BCUT2D eigenvalue weighted by molar-refractivity contribution is 5.64. The van der Waals surface area contributed by atoms with E-state index in [4.69, 9.17) is 0 Å². The predicted molar refractivity (Wildman–Crippen MR) is 126 cm³/mol. The van der Waals surface area contributed by atoms with Gasteiger partial charge in [-0.1, -0.05) is 76.1 Å². The van der Waals surface area contributed by atoms with Crippen molar-refractivity contribution in [2.24, 2.45) is 17.8 Å². The first-order valence-electron chi connectivity index (χ1n) is 12.8. The zero-order chi connectivity index (χ0) is 22.5. The Hall–Kier alpha value is -1.77. The van der Waals surface area contributed by atoms with E-state index in [0.717, 1.165) is 35.4 Å². The molecule has 0 nitrogen and oxygen atoms in total. The molecule has 2 aromatic rings. The summed E-state index contributed by atoms with van der Waals surface area (Å²) in [5.74, 6) is -0.399. The van der Waals surface area contributed by atoms with E-state index in [2.05, 4.69) is 19.1 Å². The van der Waals surface area contributed by atoms with Gasteiger partial charge in [-0.25, -0.2) is 13.2 Å². The van der Waals surface area contributed by atoms with Gasteiger partial charge in [0.1, 0.15) is 0 Å². The zero-order valence-electron chi connectivity index (χ0n) is 19.4. The molecule has 32 heavy (non-hydrogen) atoms. The maximum absolute atomic E-state index is 13.6. The van der Waals surface area contributed by atoms with Crippen molar-refractivity contribution in [3.8, 4) is 11.1 Å². The first-order chi connectivity index (χ1) is 15.5. The van der Waals surface area contributed by atoms with Crippen molar-refractivity contribution in [3.05, 3.63) is 59.4 Å². The Bertz CT molecular complexity index is 849. The van der Waals surface area contributed by atoms with Gasteiger partial charge in [-0.15, -0.1) is 0 Å². The Morgan fingerprint density at radius 3 is 2.09 bits per heavy atom. The third-order valence-electron chi connectivity index (χ3n) is 8.14. The fourth-order valence-electron chi connectivity index (χ4n) is 6.26. The minimum Gasteiger partial charge on any atom is -0.204 e. The number of hydrogen-bond acceptors (Lipinski definition) is 0. The zero-order valence-corrected chi connectivity index (χ0v) is 19.4. The van der Waals surface area contributed by atoms with Gasteiger partial charge in [-0.3, -0.25) is 0 Å². The first-order valence-corrected chi connectivity index (χ1v) is 12.8. The van der Waals surface area contributed by atoms with Crippen LogP contribution in [0.1, 0.15) is 95.5 Å². The molecular formula is C29H37F3. The third kappa shape index (κ3) is 5.58. The van der Waals surface area contributed by atoms with Crippen LogP contribution in [0.25, 0.3) is 11.1 Å². The van der Waals surface area contributed by atoms with Crippen LogP contribution in [-0.4, -0.2) is 0 Å². The average Bonchev–Trinajstić information content (AvgIpc) is 2.82. The molecule has 0 bridgehead atoms. The quantitative estimate of drug-likeness (QED) is 0.282. The lowest BCUT2D eigenvalue weighted by Gasteiger charge is -2.42. The Morgan fingerprint density at radius 2 is 1.38 bits per heavy atom. The van der Waals surface area contributed by atoms with E-state index in [0.29, 0.717) is 11.5 Å². The molecule has 0 radical (unpaired) electrons. The molecule has 2 fully saturated rings. The van der Waals surface area contributed by atoms with Crippen molar-refractivity contribution in [1.82, 2.24) is 0 Å². The maximum Gasteiger partial charge on any atom is 0.194 e. The summed E-state index contributed by atoms with van der Waals surface area (Å²) in [5, 5.41) is 0. The van der Waals surface area contributed by atoms with E-state index in [1.807, 2.05) is 12.1 Å². The molecule has 4 rings (SSSR count). The molecule has 4 atom stereocenters. The van der Waals surface area contributed by atoms with E-state index in [1.54, 1.807) is 0 Å². The highest BCUT2D eigenvalue weighted by Crippen LogP contribution is 2.48. The molecule has 0 heterocycles. The fourth-order valence-corrected chi connectivity index (χ4v) is 6.26. The van der Waals surface area contributed by atoms with Gasteiger partial charge in [0.25, 0.3) is 0 Å². The number of hydrogen-bond donors (Lipinski definition) is 0. The lowest BCUT2D eigenvalue weighted by Crippen LogP contribution is -2.30. The SMILES string of the molecule is CCCCCCCC1CC[C@@H]2C[C@H](c3ccc(-c4cc(F)c(F)c(F)c4)cc3)CC[C@@H]2C1. The lowest BCUT2D eigenvalue weighted by atomic mass is 9.63. The van der Waals surface area contributed by atoms with Crippen molar-refractivity contribution < 1.29 is 13.2 Å². The maximum atomic E-state index is 13.6. The fraction of sp³-hybridized carbons (Fsp3) is 0.586. The van der Waals surface area contributed by atoms with Gasteiger partial charge in [0, 0.05) is 0 Å². The van der Waals surface area contributed by atoms with E-state index < -0.39 is 17.5 Å². The van der Waals surface area contributed by atoms with Crippen LogP contribution in [0.3, 0.4) is 0 Å². The molecule has 0 aliphatic heterocycles. The predicted octanol–water partition coefficient (Wildman–Crippen LogP) is 9.43. The number of fused-ring (bicyclic) bond motifs is 1. The second kappa shape index (κ2) is 10.9. The van der Waals surface area contributed by atoms with Crippen LogP contribution in [0.5, 0.6) is 0 Å². The summed E-state index contributed by atoms with van der Waals surface area (Å²) in [6.07, 6.45) is 16.4. The summed E-state index contributed by atoms with van der Waals surface area (Å²) >= 11 is 0. The van der Waals surface area contributed by atoms with Gasteiger partial charge in [0.2, 0.25) is 0 Å². The molecule has 0 amide bonds. The lowest BCUT2D eigenvalue weighted by molar-refractivity contribution is 0.113. The van der Waals surface area contributed by atoms with E-state index >= 15 is 0 Å². The monoisotopic (exact) mass is 442 g/mol. The molecule has 2 aliphatic rings. The standard InChI is InChI=1S/C29H37F3/c1-2-3-4-5-6-7-20-8-9-25-17-24(15-14-23(25)16-20)21-10-12-22(13-11-21)26-18-27(30)29(32)28(31)19-26/h10-13,18-20,23-25H,2-9,14-17H2,1H3/t20?,23-,24-,25-/m1/s1. The van der Waals surface area contributed by atoms with E-state index in [1.165, 1.54) is 82.6 Å². The van der Waals surface area contributed by atoms with E-state index in [9.17, 15) is 13.2 Å². The summed E-state index contributed by atoms with van der Waals surface area (Å²) < 4.78 is 40.4. The van der Waals surface area contributed by atoms with Gasteiger partial charge in [0.15, 0.2) is 17.5 Å². The third-order valence-corrected chi connectivity index (χ3v) is 8.14. The average molecular weight is 443 g/mol. The first kappa shape index (κ1) is 23.4. The van der Waals surface area contributed by atoms with Crippen molar-refractivity contribution >= 4 is 0 Å². The molecule has 0 saturated heterocycles. The molecule has 2 saturated carbocycles. The molecule has 3 heteroatoms. The van der Waals surface area contributed by atoms with E-state index in [-0.39, 0.29) is 0 Å². The highest BCUT2D eigenvalue weighted by Gasteiger charge is 2.35. The van der Waals surface area contributed by atoms with Crippen LogP contribution in [0, 0.1) is 35.2 Å². The minimum atomic E-state index is -1.41. The summed E-state index contributed by atoms with van der Waals surface area (Å²) in [4.78, 5) is 0. The van der Waals surface area contributed by atoms with Gasteiger partial charge >= 0.3 is 0 Å². The Balaban J connectivity index is 1.31. The van der Waals surface area contributed by atoms with Crippen LogP contribution in [0.15, 0.2) is 36.4 Å². The number of benzene rings is 2. The minimum absolute atomic E-state index is 0.379. The molecule has 174 valence electrons. The molecule has 2 aromatic carbocycles. The van der Waals surface area contributed by atoms with Crippen molar-refractivity contribution in [2.45, 2.75) is 89.9 Å². The number of rotatable bonds is 8. The number of unbranched alkanes of at least 4 members (excludes halogenated alkanes) is 4. The number of halogens is 3. The van der Waals surface area contributed by atoms with Crippen molar-refractivity contribution in [1.29, 1.82) is 0 Å². The smallest absolute Gasteiger partial charge is 0.194 e. The van der Waals surface area contributed by atoms with Crippen LogP contribution < -0.4 is 0 Å². The second-order valence-corrected chi connectivity index (χ2v) is 10.3. The van der Waals surface area contributed by atoms with Gasteiger partial charge in [-0.2, -0.15) is 0 Å². The summed E-state index contributed by atoms with van der Waals surface area (Å²) in [7, 11) is 0. The summed E-state index contributed by atoms with van der Waals surface area (Å²) in [6, 6.07) is 10.2. The second-order valence-electron chi connectivity index (χ2n) is 10.3. The molecule has 0 aromatic heterocycles. The normalized spacial score (nSPS) is 25.5. The van der Waals surface area contributed by atoms with Crippen LogP contribution in [-0.2, 0) is 0 Å². The Kier molecular flexibility index (Phi) is 7.97. The van der Waals surface area contributed by atoms with Crippen molar-refractivity contribution in [2.75, 3.05) is 0 Å². The molecule has 2 aliphatic carbocycles. The molecular weight excluding hydrogens is 405 g/mol. The Morgan fingerprint density at radius 1 is 0.719 bits per heavy atom. The van der Waals surface area contributed by atoms with Crippen LogP contribution in [0.2, 0.25) is 0 Å². The summed E-state index contributed by atoms with van der Waals surface area (Å²) in [5.41, 5.74) is 2.43. The van der Waals surface area contributed by atoms with Gasteiger partial charge < -0.3 is 0 Å². The molecule has 0 N–H and O–H groups in total. The van der Waals surface area contributed by atoms with Crippen molar-refractivity contribution in [3.63, 3.8) is 0 Å². The molecule has 0 spiro atoms. The summed E-state index contributed by atoms with van der Waals surface area (Å²) in [6.45, 7) is 2.28. The molecule has 1 unspecified atom stereocenters. The van der Waals surface area contributed by atoms with Crippen LogP contribution in [0.4, 0.5) is 13.2 Å². The highest BCUT2D eigenvalue weighted by atomic mass is 19.2. The van der Waals surface area contributed by atoms with Gasteiger partial charge in [-0.05, 0) is 84.6 Å². The topological polar surface area (TPSA) is 0 Å². The van der Waals surface area contributed by atoms with Gasteiger partial charge in [0.05, 0.1) is 0 Å². The largest absolute Gasteiger partial charge is 0.204 e. The van der Waals surface area contributed by atoms with Crippen LogP contribution >= 0.6 is 0 Å². The Labute approximate surface area is 191 Å².